The topological polar surface area (TPSA) is 64.6 Å². The average molecular weight is 229 g/mol. The van der Waals surface area contributed by atoms with Gasteiger partial charge in [0.1, 0.15) is 0 Å². The van der Waals surface area contributed by atoms with Crippen molar-refractivity contribution in [3.63, 3.8) is 0 Å². The monoisotopic (exact) mass is 229 g/mol. The lowest BCUT2D eigenvalue weighted by atomic mass is 9.99. The summed E-state index contributed by atoms with van der Waals surface area (Å²) in [4.78, 5) is 13.6. The molecule has 1 rings (SSSR count). The van der Waals surface area contributed by atoms with Gasteiger partial charge < -0.3 is 20.6 Å². The van der Waals surface area contributed by atoms with Gasteiger partial charge in [-0.05, 0) is 39.3 Å². The number of carbonyl (C=O) groups is 1. The van der Waals surface area contributed by atoms with Gasteiger partial charge in [0.25, 0.3) is 0 Å². The first-order valence-electron chi connectivity index (χ1n) is 5.96. The van der Waals surface area contributed by atoms with Crippen LogP contribution in [0.25, 0.3) is 0 Å². The molecule has 5 nitrogen and oxygen atoms in total. The molecule has 0 spiro atoms. The molecule has 0 aromatic rings. The summed E-state index contributed by atoms with van der Waals surface area (Å²) >= 11 is 0. The molecule has 1 aliphatic rings. The molecule has 3 N–H and O–H groups in total. The fourth-order valence-electron chi connectivity index (χ4n) is 1.98. The molecule has 2 atom stereocenters. The lowest BCUT2D eigenvalue weighted by molar-refractivity contribution is 0.183. The highest BCUT2D eigenvalue weighted by atomic mass is 16.3. The van der Waals surface area contributed by atoms with Crippen molar-refractivity contribution in [3.8, 4) is 0 Å². The van der Waals surface area contributed by atoms with Crippen LogP contribution in [-0.4, -0.2) is 55.4 Å². The number of likely N-dealkylation sites (tertiary alicyclic amines) is 1. The van der Waals surface area contributed by atoms with Crippen LogP contribution in [0.5, 0.6) is 0 Å². The van der Waals surface area contributed by atoms with E-state index in [4.69, 9.17) is 5.11 Å². The van der Waals surface area contributed by atoms with Gasteiger partial charge in [-0.25, -0.2) is 4.79 Å². The van der Waals surface area contributed by atoms with Crippen LogP contribution < -0.4 is 10.6 Å². The van der Waals surface area contributed by atoms with Crippen molar-refractivity contribution in [2.45, 2.75) is 25.9 Å². The zero-order valence-corrected chi connectivity index (χ0v) is 10.2. The number of aliphatic hydroxyl groups excluding tert-OH is 1. The van der Waals surface area contributed by atoms with E-state index < -0.39 is 6.10 Å². The van der Waals surface area contributed by atoms with Gasteiger partial charge in [0.2, 0.25) is 0 Å². The quantitative estimate of drug-likeness (QED) is 0.636. The van der Waals surface area contributed by atoms with Gasteiger partial charge >= 0.3 is 6.03 Å². The summed E-state index contributed by atoms with van der Waals surface area (Å²) in [6.45, 7) is 4.88. The van der Waals surface area contributed by atoms with Gasteiger partial charge in [-0.2, -0.15) is 0 Å². The number of nitrogens with one attached hydrogen (secondary N) is 2. The number of urea groups is 1. The Hall–Kier alpha value is -0.810. The van der Waals surface area contributed by atoms with Crippen LogP contribution in [0.2, 0.25) is 0 Å². The van der Waals surface area contributed by atoms with Crippen molar-refractivity contribution in [2.24, 2.45) is 5.92 Å². The molecule has 0 aromatic carbocycles. The molecule has 0 aliphatic carbocycles. The second-order valence-corrected chi connectivity index (χ2v) is 4.71. The number of carbonyl (C=O) groups excluding carboxylic acids is 1. The number of piperidine rings is 1. The summed E-state index contributed by atoms with van der Waals surface area (Å²) in [5, 5.41) is 14.5. The Kier molecular flexibility index (Phi) is 5.55. The van der Waals surface area contributed by atoms with Crippen LogP contribution in [0.4, 0.5) is 4.79 Å². The van der Waals surface area contributed by atoms with Gasteiger partial charge in [0.15, 0.2) is 0 Å². The van der Waals surface area contributed by atoms with Crippen LogP contribution >= 0.6 is 0 Å². The second-order valence-electron chi connectivity index (χ2n) is 4.71. The Bertz CT molecular complexity index is 221. The minimum absolute atomic E-state index is 0.186. The average Bonchev–Trinajstić information content (AvgIpc) is 2.23. The Labute approximate surface area is 97.2 Å². The fourth-order valence-corrected chi connectivity index (χ4v) is 1.98. The SMILES string of the molecule is CC(O)CNC(=O)NCC1CCCN(C)C1. The molecule has 0 aromatic heterocycles. The highest BCUT2D eigenvalue weighted by Crippen LogP contribution is 2.13. The molecular weight excluding hydrogens is 206 g/mol. The van der Waals surface area contributed by atoms with Crippen LogP contribution in [0.15, 0.2) is 0 Å². The highest BCUT2D eigenvalue weighted by Gasteiger charge is 2.17. The normalized spacial score (nSPS) is 23.8. The Morgan fingerprint density at radius 1 is 1.56 bits per heavy atom. The van der Waals surface area contributed by atoms with E-state index in [2.05, 4.69) is 22.6 Å². The number of nitrogens with zero attached hydrogens (tertiary/aromatic N) is 1. The third-order valence-electron chi connectivity index (χ3n) is 2.83. The minimum Gasteiger partial charge on any atom is -0.392 e. The van der Waals surface area contributed by atoms with E-state index in [9.17, 15) is 4.79 Å². The molecule has 5 heteroatoms. The van der Waals surface area contributed by atoms with Crippen molar-refractivity contribution in [1.82, 2.24) is 15.5 Å². The van der Waals surface area contributed by atoms with Crippen LogP contribution in [0.3, 0.4) is 0 Å². The molecule has 2 unspecified atom stereocenters. The molecule has 1 fully saturated rings. The minimum atomic E-state index is -0.494. The van der Waals surface area contributed by atoms with E-state index in [-0.39, 0.29) is 6.03 Å². The van der Waals surface area contributed by atoms with Crippen molar-refractivity contribution in [3.05, 3.63) is 0 Å². The third-order valence-corrected chi connectivity index (χ3v) is 2.83. The Morgan fingerprint density at radius 3 is 2.94 bits per heavy atom. The van der Waals surface area contributed by atoms with Crippen LogP contribution in [-0.2, 0) is 0 Å². The maximum Gasteiger partial charge on any atom is 0.314 e. The van der Waals surface area contributed by atoms with E-state index in [1.165, 1.54) is 12.8 Å². The molecule has 1 saturated heterocycles. The molecule has 16 heavy (non-hydrogen) atoms. The largest absolute Gasteiger partial charge is 0.392 e. The lowest BCUT2D eigenvalue weighted by Crippen LogP contribution is -2.44. The van der Waals surface area contributed by atoms with Crippen molar-refractivity contribution in [1.29, 1.82) is 0 Å². The van der Waals surface area contributed by atoms with E-state index >= 15 is 0 Å². The first-order chi connectivity index (χ1) is 7.58. The third kappa shape index (κ3) is 5.32. The zero-order chi connectivity index (χ0) is 12.0. The van der Waals surface area contributed by atoms with E-state index in [0.717, 1.165) is 19.6 Å². The molecule has 2 amide bonds. The predicted molar refractivity (Wildman–Crippen MR) is 63.3 cm³/mol. The molecule has 0 saturated carbocycles. The number of hydrogen-bond donors (Lipinski definition) is 3. The Balaban J connectivity index is 2.11. The van der Waals surface area contributed by atoms with Crippen LogP contribution in [0.1, 0.15) is 19.8 Å². The lowest BCUT2D eigenvalue weighted by Gasteiger charge is -2.29. The summed E-state index contributed by atoms with van der Waals surface area (Å²) in [6.07, 6.45) is 1.89. The zero-order valence-electron chi connectivity index (χ0n) is 10.2. The van der Waals surface area contributed by atoms with E-state index in [1.807, 2.05) is 0 Å². The Morgan fingerprint density at radius 2 is 2.31 bits per heavy atom. The maximum atomic E-state index is 11.3. The number of amides is 2. The van der Waals surface area contributed by atoms with Crippen molar-refractivity contribution in [2.75, 3.05) is 33.2 Å². The van der Waals surface area contributed by atoms with Gasteiger partial charge in [-0.15, -0.1) is 0 Å². The maximum absolute atomic E-state index is 11.3. The van der Waals surface area contributed by atoms with E-state index in [1.54, 1.807) is 6.92 Å². The van der Waals surface area contributed by atoms with Gasteiger partial charge in [-0.3, -0.25) is 0 Å². The molecule has 0 bridgehead atoms. The molecule has 1 aliphatic heterocycles. The predicted octanol–water partition coefficient (Wildman–Crippen LogP) is 0.00820. The summed E-state index contributed by atoms with van der Waals surface area (Å²) < 4.78 is 0. The standard InChI is InChI=1S/C11H23N3O2/c1-9(15)6-12-11(16)13-7-10-4-3-5-14(2)8-10/h9-10,15H,3-8H2,1-2H3,(H2,12,13,16). The summed E-state index contributed by atoms with van der Waals surface area (Å²) in [5.41, 5.74) is 0. The first kappa shape index (κ1) is 13.3. The fraction of sp³-hybridized carbons (Fsp3) is 0.909. The van der Waals surface area contributed by atoms with Gasteiger partial charge in [0.05, 0.1) is 6.10 Å². The number of hydrogen-bond acceptors (Lipinski definition) is 3. The summed E-state index contributed by atoms with van der Waals surface area (Å²) in [6, 6.07) is -0.186. The molecular formula is C11H23N3O2. The highest BCUT2D eigenvalue weighted by molar-refractivity contribution is 5.73. The van der Waals surface area contributed by atoms with Crippen LogP contribution in [0, 0.1) is 5.92 Å². The van der Waals surface area contributed by atoms with Gasteiger partial charge in [0, 0.05) is 19.6 Å². The summed E-state index contributed by atoms with van der Waals surface area (Å²) in [5.74, 6) is 0.552. The van der Waals surface area contributed by atoms with Crippen molar-refractivity contribution >= 4 is 6.03 Å². The number of rotatable bonds is 4. The molecule has 1 heterocycles. The second kappa shape index (κ2) is 6.70. The number of aliphatic hydroxyl groups is 1. The molecule has 0 radical (unpaired) electrons. The smallest absolute Gasteiger partial charge is 0.314 e. The molecule has 94 valence electrons. The summed E-state index contributed by atoms with van der Waals surface area (Å²) in [7, 11) is 2.11. The van der Waals surface area contributed by atoms with Gasteiger partial charge in [-0.1, -0.05) is 0 Å². The van der Waals surface area contributed by atoms with Crippen molar-refractivity contribution < 1.29 is 9.90 Å². The first-order valence-corrected chi connectivity index (χ1v) is 5.96. The van der Waals surface area contributed by atoms with E-state index in [0.29, 0.717) is 12.5 Å².